The molecule has 216 valence electrons. The van der Waals surface area contributed by atoms with Crippen molar-refractivity contribution >= 4 is 41.4 Å². The Kier molecular flexibility index (Phi) is 13.7. The van der Waals surface area contributed by atoms with E-state index in [1.54, 1.807) is 54.6 Å². The summed E-state index contributed by atoms with van der Waals surface area (Å²) in [5, 5.41) is 17.4. The number of aliphatic carboxylic acids is 1. The van der Waals surface area contributed by atoms with Gasteiger partial charge in [-0.15, -0.1) is 0 Å². The van der Waals surface area contributed by atoms with Crippen molar-refractivity contribution in [2.75, 3.05) is 12.0 Å². The molecular weight excluding hydrogens is 534 g/mol. The lowest BCUT2D eigenvalue weighted by atomic mass is 10.0. The fourth-order valence-electron chi connectivity index (χ4n) is 3.86. The molecule has 12 heteroatoms. The van der Waals surface area contributed by atoms with Crippen LogP contribution in [0.25, 0.3) is 0 Å². The van der Waals surface area contributed by atoms with Crippen LogP contribution >= 0.6 is 11.8 Å². The molecule has 40 heavy (non-hydrogen) atoms. The van der Waals surface area contributed by atoms with Crippen molar-refractivity contribution in [3.8, 4) is 0 Å². The maximum absolute atomic E-state index is 13.4. The number of nitrogens with one attached hydrogen (secondary N) is 3. The van der Waals surface area contributed by atoms with Gasteiger partial charge in [0.25, 0.3) is 0 Å². The summed E-state index contributed by atoms with van der Waals surface area (Å²) in [4.78, 5) is 62.7. The van der Waals surface area contributed by atoms with Gasteiger partial charge < -0.3 is 32.5 Å². The van der Waals surface area contributed by atoms with Crippen LogP contribution in [-0.2, 0) is 36.8 Å². The van der Waals surface area contributed by atoms with Gasteiger partial charge in [0.1, 0.15) is 18.1 Å². The maximum Gasteiger partial charge on any atom is 0.326 e. The zero-order valence-electron chi connectivity index (χ0n) is 22.4. The first-order valence-electron chi connectivity index (χ1n) is 12.8. The lowest BCUT2D eigenvalue weighted by molar-refractivity contribution is -0.142. The Morgan fingerprint density at radius 3 is 1.73 bits per heavy atom. The summed E-state index contributed by atoms with van der Waals surface area (Å²) < 4.78 is 0. The number of hydrogen-bond acceptors (Lipinski definition) is 7. The summed E-state index contributed by atoms with van der Waals surface area (Å²) in [6.45, 7) is 0. The molecule has 0 saturated carbocycles. The molecule has 8 N–H and O–H groups in total. The number of carboxylic acids is 1. The third-order valence-electron chi connectivity index (χ3n) is 6.10. The highest BCUT2D eigenvalue weighted by molar-refractivity contribution is 7.98. The van der Waals surface area contributed by atoms with Crippen LogP contribution in [0.4, 0.5) is 0 Å². The molecule has 0 aliphatic carbocycles. The van der Waals surface area contributed by atoms with Crippen molar-refractivity contribution in [2.24, 2.45) is 11.5 Å². The van der Waals surface area contributed by atoms with E-state index in [0.717, 1.165) is 5.56 Å². The van der Waals surface area contributed by atoms with Crippen molar-refractivity contribution in [3.63, 3.8) is 0 Å². The summed E-state index contributed by atoms with van der Waals surface area (Å²) in [5.74, 6) is -3.29. The molecule has 0 spiro atoms. The summed E-state index contributed by atoms with van der Waals surface area (Å²) in [6, 6.07) is 13.2. The predicted molar refractivity (Wildman–Crippen MR) is 153 cm³/mol. The Morgan fingerprint density at radius 2 is 1.23 bits per heavy atom. The molecule has 0 aliphatic heterocycles. The van der Waals surface area contributed by atoms with E-state index in [9.17, 15) is 29.1 Å². The minimum Gasteiger partial charge on any atom is -0.480 e. The Bertz CT molecular complexity index is 1130. The van der Waals surface area contributed by atoms with Crippen molar-refractivity contribution in [1.29, 1.82) is 0 Å². The fraction of sp³-hybridized carbons (Fsp3) is 0.393. The number of carbonyl (C=O) groups is 5. The van der Waals surface area contributed by atoms with Gasteiger partial charge in [-0.2, -0.15) is 11.8 Å². The van der Waals surface area contributed by atoms with E-state index in [0.29, 0.717) is 17.7 Å². The molecule has 2 rings (SSSR count). The lowest BCUT2D eigenvalue weighted by Gasteiger charge is -2.25. The molecule has 2 aromatic rings. The monoisotopic (exact) mass is 571 g/mol. The standard InChI is InChI=1S/C28H37N5O6S/c1-40-15-14-20(29)25(35)32-22(16-18-8-4-2-5-9-18)27(37)31-21(12-13-24(30)34)26(36)33-23(28(38)39)17-19-10-6-3-7-11-19/h2-11,20-23H,12-17,29H2,1H3,(H2,30,34)(H,31,37)(H,32,35)(H,33,36)(H,38,39). The number of nitrogens with two attached hydrogens (primary N) is 2. The van der Waals surface area contributed by atoms with Crippen LogP contribution in [-0.4, -0.2) is 70.9 Å². The van der Waals surface area contributed by atoms with Crippen molar-refractivity contribution in [2.45, 2.75) is 56.3 Å². The highest BCUT2D eigenvalue weighted by atomic mass is 32.2. The van der Waals surface area contributed by atoms with E-state index in [-0.39, 0.29) is 25.7 Å². The average Bonchev–Trinajstić information content (AvgIpc) is 2.93. The van der Waals surface area contributed by atoms with Gasteiger partial charge in [0, 0.05) is 19.3 Å². The molecule has 0 radical (unpaired) electrons. The van der Waals surface area contributed by atoms with Crippen LogP contribution in [0.15, 0.2) is 60.7 Å². The first kappa shape index (κ1) is 32.3. The average molecular weight is 572 g/mol. The number of carbonyl (C=O) groups excluding carboxylic acids is 4. The normalized spacial score (nSPS) is 13.8. The maximum atomic E-state index is 13.4. The minimum absolute atomic E-state index is 0.0129. The Morgan fingerprint density at radius 1 is 0.750 bits per heavy atom. The smallest absolute Gasteiger partial charge is 0.326 e. The fourth-order valence-corrected chi connectivity index (χ4v) is 4.35. The molecular formula is C28H37N5O6S. The van der Waals surface area contributed by atoms with E-state index in [4.69, 9.17) is 11.5 Å². The number of primary amides is 1. The van der Waals surface area contributed by atoms with Gasteiger partial charge in [-0.05, 0) is 36.0 Å². The van der Waals surface area contributed by atoms with Crippen LogP contribution in [0.3, 0.4) is 0 Å². The van der Waals surface area contributed by atoms with Crippen LogP contribution in [0.1, 0.15) is 30.4 Å². The Labute approximate surface area is 237 Å². The lowest BCUT2D eigenvalue weighted by Crippen LogP contribution is -2.58. The van der Waals surface area contributed by atoms with Crippen LogP contribution in [0.2, 0.25) is 0 Å². The molecule has 11 nitrogen and oxygen atoms in total. The molecule has 2 aromatic carbocycles. The summed E-state index contributed by atoms with van der Waals surface area (Å²) in [7, 11) is 0. The molecule has 0 fully saturated rings. The first-order valence-corrected chi connectivity index (χ1v) is 14.2. The second kappa shape index (κ2) is 16.9. The summed E-state index contributed by atoms with van der Waals surface area (Å²) >= 11 is 1.54. The van der Waals surface area contributed by atoms with Crippen LogP contribution in [0, 0.1) is 0 Å². The number of carboxylic acid groups (broad SMARTS) is 1. The van der Waals surface area contributed by atoms with E-state index in [1.165, 1.54) is 11.8 Å². The van der Waals surface area contributed by atoms with E-state index < -0.39 is 53.8 Å². The second-order valence-electron chi connectivity index (χ2n) is 9.29. The van der Waals surface area contributed by atoms with E-state index >= 15 is 0 Å². The van der Waals surface area contributed by atoms with Gasteiger partial charge in [-0.25, -0.2) is 4.79 Å². The number of amides is 4. The third kappa shape index (κ3) is 11.5. The number of rotatable bonds is 17. The van der Waals surface area contributed by atoms with Gasteiger partial charge in [0.15, 0.2) is 0 Å². The highest BCUT2D eigenvalue weighted by Crippen LogP contribution is 2.08. The molecule has 0 saturated heterocycles. The van der Waals surface area contributed by atoms with Gasteiger partial charge in [0.2, 0.25) is 23.6 Å². The molecule has 4 amide bonds. The third-order valence-corrected chi connectivity index (χ3v) is 6.74. The first-order chi connectivity index (χ1) is 19.1. The summed E-state index contributed by atoms with van der Waals surface area (Å²) in [5.41, 5.74) is 12.7. The quantitative estimate of drug-likeness (QED) is 0.157. The van der Waals surface area contributed by atoms with Crippen molar-refractivity contribution in [3.05, 3.63) is 71.8 Å². The molecule has 0 aliphatic rings. The second-order valence-corrected chi connectivity index (χ2v) is 10.3. The minimum atomic E-state index is -1.28. The summed E-state index contributed by atoms with van der Waals surface area (Å²) in [6.07, 6.45) is 2.03. The molecule has 4 unspecified atom stereocenters. The number of hydrogen-bond donors (Lipinski definition) is 6. The molecule has 0 aromatic heterocycles. The highest BCUT2D eigenvalue weighted by Gasteiger charge is 2.30. The Balaban J connectivity index is 2.22. The predicted octanol–water partition coefficient (Wildman–Crippen LogP) is 0.357. The molecule has 4 atom stereocenters. The van der Waals surface area contributed by atoms with Gasteiger partial charge in [-0.3, -0.25) is 19.2 Å². The van der Waals surface area contributed by atoms with Crippen LogP contribution < -0.4 is 27.4 Å². The zero-order chi connectivity index (χ0) is 29.5. The zero-order valence-corrected chi connectivity index (χ0v) is 23.2. The van der Waals surface area contributed by atoms with Crippen molar-refractivity contribution < 1.29 is 29.1 Å². The van der Waals surface area contributed by atoms with E-state index in [2.05, 4.69) is 16.0 Å². The van der Waals surface area contributed by atoms with Crippen molar-refractivity contribution in [1.82, 2.24) is 16.0 Å². The van der Waals surface area contributed by atoms with Gasteiger partial charge in [-0.1, -0.05) is 60.7 Å². The van der Waals surface area contributed by atoms with Gasteiger partial charge in [0.05, 0.1) is 6.04 Å². The topological polar surface area (TPSA) is 194 Å². The number of benzene rings is 2. The Hall–Kier alpha value is -3.90. The van der Waals surface area contributed by atoms with Gasteiger partial charge >= 0.3 is 5.97 Å². The largest absolute Gasteiger partial charge is 0.480 e. The van der Waals surface area contributed by atoms with Crippen LogP contribution in [0.5, 0.6) is 0 Å². The molecule has 0 heterocycles. The molecule has 0 bridgehead atoms. The SMILES string of the molecule is CSCCC(N)C(=O)NC(Cc1ccccc1)C(=O)NC(CCC(N)=O)C(=O)NC(Cc1ccccc1)C(=O)O. The van der Waals surface area contributed by atoms with E-state index in [1.807, 2.05) is 12.3 Å². The number of thioether (sulfide) groups is 1.